The lowest BCUT2D eigenvalue weighted by molar-refractivity contribution is 0.538. The van der Waals surface area contributed by atoms with Gasteiger partial charge in [0.15, 0.2) is 0 Å². The maximum absolute atomic E-state index is 11.9. The molecule has 0 aromatic rings. The van der Waals surface area contributed by atoms with Crippen LogP contribution in [0, 0.1) is 0 Å². The molecule has 0 spiro atoms. The van der Waals surface area contributed by atoms with Crippen molar-refractivity contribution in [2.24, 2.45) is 0 Å². The second kappa shape index (κ2) is 7.12. The van der Waals surface area contributed by atoms with E-state index in [2.05, 4.69) is 10.0 Å². The molecule has 0 aromatic carbocycles. The number of thioether (sulfide) groups is 1. The molecular formula is C12H24N2O2S2. The predicted molar refractivity (Wildman–Crippen MR) is 77.5 cm³/mol. The van der Waals surface area contributed by atoms with Gasteiger partial charge in [-0.1, -0.05) is 0 Å². The quantitative estimate of drug-likeness (QED) is 0.663. The van der Waals surface area contributed by atoms with Crippen molar-refractivity contribution in [3.63, 3.8) is 0 Å². The Kier molecular flexibility index (Phi) is 5.79. The minimum Gasteiger partial charge on any atom is -0.314 e. The van der Waals surface area contributed by atoms with E-state index in [1.165, 1.54) is 18.6 Å². The summed E-state index contributed by atoms with van der Waals surface area (Å²) in [7, 11) is -3.06. The van der Waals surface area contributed by atoms with Gasteiger partial charge in [0.05, 0.1) is 5.75 Å². The third-order valence-corrected chi connectivity index (χ3v) is 6.09. The summed E-state index contributed by atoms with van der Waals surface area (Å²) in [5.74, 6) is 2.38. The van der Waals surface area contributed by atoms with Gasteiger partial charge in [-0.3, -0.25) is 0 Å². The summed E-state index contributed by atoms with van der Waals surface area (Å²) < 4.78 is 26.6. The van der Waals surface area contributed by atoms with Gasteiger partial charge in [-0.25, -0.2) is 13.1 Å². The zero-order valence-electron chi connectivity index (χ0n) is 10.9. The first-order valence-electron chi connectivity index (χ1n) is 6.97. The third-order valence-electron chi connectivity index (χ3n) is 3.36. The molecule has 18 heavy (non-hydrogen) atoms. The van der Waals surface area contributed by atoms with Crippen molar-refractivity contribution < 1.29 is 8.42 Å². The molecule has 1 saturated carbocycles. The first-order valence-corrected chi connectivity index (χ1v) is 9.77. The maximum Gasteiger partial charge on any atom is 0.211 e. The summed E-state index contributed by atoms with van der Waals surface area (Å²) in [6, 6.07) is 0.886. The Balaban J connectivity index is 1.56. The van der Waals surface area contributed by atoms with Crippen molar-refractivity contribution in [1.29, 1.82) is 0 Å². The molecule has 4 nitrogen and oxygen atoms in total. The molecule has 6 heteroatoms. The minimum absolute atomic E-state index is 0.165. The Morgan fingerprint density at radius 3 is 2.61 bits per heavy atom. The Hall–Kier alpha value is 0.220. The lowest BCUT2D eigenvalue weighted by atomic mass is 10.2. The molecule has 0 radical (unpaired) electrons. The average molecular weight is 292 g/mol. The first-order chi connectivity index (χ1) is 8.66. The second-order valence-electron chi connectivity index (χ2n) is 5.29. The number of sulfonamides is 1. The van der Waals surface area contributed by atoms with E-state index in [0.717, 1.165) is 44.0 Å². The maximum atomic E-state index is 11.9. The van der Waals surface area contributed by atoms with Crippen LogP contribution in [0.4, 0.5) is 0 Å². The van der Waals surface area contributed by atoms with E-state index in [0.29, 0.717) is 0 Å². The summed E-state index contributed by atoms with van der Waals surface area (Å²) in [5, 5.41) is 3.41. The van der Waals surface area contributed by atoms with Gasteiger partial charge in [-0.05, 0) is 50.8 Å². The SMILES string of the molecule is O=S(=O)(CCCCNC1CC1)NC1CCCSC1. The average Bonchev–Trinajstić information content (AvgIpc) is 3.13. The van der Waals surface area contributed by atoms with Crippen molar-refractivity contribution in [2.75, 3.05) is 23.8 Å². The van der Waals surface area contributed by atoms with E-state index in [4.69, 9.17) is 0 Å². The van der Waals surface area contributed by atoms with Crippen LogP contribution < -0.4 is 10.0 Å². The molecule has 0 amide bonds. The number of hydrogen-bond acceptors (Lipinski definition) is 4. The van der Waals surface area contributed by atoms with Crippen LogP contribution in [0.3, 0.4) is 0 Å². The predicted octanol–water partition coefficient (Wildman–Crippen LogP) is 1.33. The van der Waals surface area contributed by atoms with Gasteiger partial charge in [0.1, 0.15) is 0 Å². The van der Waals surface area contributed by atoms with Crippen LogP contribution in [0.1, 0.15) is 38.5 Å². The molecule has 1 atom stereocenters. The van der Waals surface area contributed by atoms with Gasteiger partial charge in [0.2, 0.25) is 10.0 Å². The van der Waals surface area contributed by atoms with Crippen LogP contribution in [0.15, 0.2) is 0 Å². The van der Waals surface area contributed by atoms with E-state index < -0.39 is 10.0 Å². The zero-order chi connectivity index (χ0) is 12.8. The molecule has 1 aliphatic carbocycles. The molecule has 1 aliphatic heterocycles. The van der Waals surface area contributed by atoms with Crippen molar-refractivity contribution in [2.45, 2.75) is 50.6 Å². The van der Waals surface area contributed by atoms with Crippen LogP contribution >= 0.6 is 11.8 Å². The van der Waals surface area contributed by atoms with E-state index in [-0.39, 0.29) is 11.8 Å². The molecule has 0 aromatic heterocycles. The number of unbranched alkanes of at least 4 members (excludes halogenated alkanes) is 1. The molecule has 0 bridgehead atoms. The van der Waals surface area contributed by atoms with Crippen LogP contribution in [-0.2, 0) is 10.0 Å². The summed E-state index contributed by atoms with van der Waals surface area (Å²) in [5.41, 5.74) is 0. The Bertz CT molecular complexity index is 336. The Labute approximate surface area is 115 Å². The number of rotatable bonds is 8. The number of nitrogens with one attached hydrogen (secondary N) is 2. The lowest BCUT2D eigenvalue weighted by Crippen LogP contribution is -2.39. The summed E-state index contributed by atoms with van der Waals surface area (Å²) in [4.78, 5) is 0. The van der Waals surface area contributed by atoms with Crippen molar-refractivity contribution in [3.8, 4) is 0 Å². The standard InChI is InChI=1S/C12H24N2O2S2/c15-18(16,14-12-4-3-8-17-10-12)9-2-1-7-13-11-5-6-11/h11-14H,1-10H2. The molecular weight excluding hydrogens is 268 g/mol. The fourth-order valence-corrected chi connectivity index (χ4v) is 4.75. The van der Waals surface area contributed by atoms with Gasteiger partial charge in [0, 0.05) is 17.8 Å². The highest BCUT2D eigenvalue weighted by molar-refractivity contribution is 7.99. The highest BCUT2D eigenvalue weighted by Crippen LogP contribution is 2.19. The fraction of sp³-hybridized carbons (Fsp3) is 1.00. The first kappa shape index (κ1) is 14.6. The molecule has 2 N–H and O–H groups in total. The van der Waals surface area contributed by atoms with Crippen LogP contribution in [0.5, 0.6) is 0 Å². The third kappa shape index (κ3) is 5.91. The largest absolute Gasteiger partial charge is 0.314 e. The molecule has 1 heterocycles. The van der Waals surface area contributed by atoms with Gasteiger partial charge in [-0.2, -0.15) is 11.8 Å². The Morgan fingerprint density at radius 1 is 1.11 bits per heavy atom. The molecule has 106 valence electrons. The van der Waals surface area contributed by atoms with E-state index in [1.807, 2.05) is 11.8 Å². The van der Waals surface area contributed by atoms with E-state index in [9.17, 15) is 8.42 Å². The highest BCUT2D eigenvalue weighted by atomic mass is 32.2. The minimum atomic E-state index is -3.06. The van der Waals surface area contributed by atoms with Gasteiger partial charge >= 0.3 is 0 Å². The van der Waals surface area contributed by atoms with Crippen molar-refractivity contribution in [3.05, 3.63) is 0 Å². The van der Waals surface area contributed by atoms with Gasteiger partial charge in [-0.15, -0.1) is 0 Å². The summed E-state index contributed by atoms with van der Waals surface area (Å²) in [6.45, 7) is 0.958. The van der Waals surface area contributed by atoms with E-state index >= 15 is 0 Å². The fourth-order valence-electron chi connectivity index (χ4n) is 2.16. The molecule has 2 fully saturated rings. The molecule has 1 saturated heterocycles. The molecule has 1 unspecified atom stereocenters. The Morgan fingerprint density at radius 2 is 1.94 bits per heavy atom. The van der Waals surface area contributed by atoms with Crippen LogP contribution in [0.2, 0.25) is 0 Å². The molecule has 2 rings (SSSR count). The van der Waals surface area contributed by atoms with Gasteiger partial charge in [0.25, 0.3) is 0 Å². The highest BCUT2D eigenvalue weighted by Gasteiger charge is 2.21. The summed E-state index contributed by atoms with van der Waals surface area (Å²) in [6.07, 6.45) is 6.42. The monoisotopic (exact) mass is 292 g/mol. The lowest BCUT2D eigenvalue weighted by Gasteiger charge is -2.22. The van der Waals surface area contributed by atoms with Crippen molar-refractivity contribution >= 4 is 21.8 Å². The smallest absolute Gasteiger partial charge is 0.211 e. The molecule has 2 aliphatic rings. The van der Waals surface area contributed by atoms with Gasteiger partial charge < -0.3 is 5.32 Å². The van der Waals surface area contributed by atoms with E-state index in [1.54, 1.807) is 0 Å². The van der Waals surface area contributed by atoms with Crippen LogP contribution in [0.25, 0.3) is 0 Å². The normalized spacial score (nSPS) is 25.2. The number of hydrogen-bond donors (Lipinski definition) is 2. The van der Waals surface area contributed by atoms with Crippen LogP contribution in [-0.4, -0.2) is 44.3 Å². The summed E-state index contributed by atoms with van der Waals surface area (Å²) >= 11 is 1.85. The second-order valence-corrected chi connectivity index (χ2v) is 8.31. The van der Waals surface area contributed by atoms with Crippen molar-refractivity contribution in [1.82, 2.24) is 10.0 Å². The zero-order valence-corrected chi connectivity index (χ0v) is 12.5. The topological polar surface area (TPSA) is 58.2 Å².